The van der Waals surface area contributed by atoms with Gasteiger partial charge in [-0.25, -0.2) is 4.98 Å². The van der Waals surface area contributed by atoms with Gasteiger partial charge in [0.2, 0.25) is 5.91 Å². The molecule has 0 unspecified atom stereocenters. The number of nitrogens with one attached hydrogen (secondary N) is 2. The molecule has 0 spiro atoms. The molecule has 0 saturated carbocycles. The normalized spacial score (nSPS) is 16.2. The summed E-state index contributed by atoms with van der Waals surface area (Å²) in [5.74, 6) is 1.23. The standard InChI is InChI=1S/C22H22N6O/c1-13-6-5-9-18(23-13)22-21-16(15-7-3-4-8-17(15)25-21)10-11-28(22)20(29)12-19-24-14(2)26-27-19/h3-9,22,25H,10-12H2,1-2H3,(H,24,26,27)/t22-/m1/s1. The molecule has 0 bridgehead atoms. The molecular weight excluding hydrogens is 364 g/mol. The highest BCUT2D eigenvalue weighted by atomic mass is 16.2. The van der Waals surface area contributed by atoms with Crippen molar-refractivity contribution in [1.29, 1.82) is 0 Å². The zero-order valence-corrected chi connectivity index (χ0v) is 16.4. The number of para-hydroxylation sites is 1. The number of hydrogen-bond acceptors (Lipinski definition) is 4. The van der Waals surface area contributed by atoms with E-state index in [0.717, 1.165) is 29.0 Å². The van der Waals surface area contributed by atoms with Gasteiger partial charge in [0.15, 0.2) is 5.82 Å². The summed E-state index contributed by atoms with van der Waals surface area (Å²) in [6.07, 6.45) is 0.975. The Balaban J connectivity index is 1.60. The van der Waals surface area contributed by atoms with Crippen molar-refractivity contribution in [2.75, 3.05) is 6.54 Å². The average Bonchev–Trinajstić information content (AvgIpc) is 3.30. The lowest BCUT2D eigenvalue weighted by Gasteiger charge is -2.35. The van der Waals surface area contributed by atoms with Crippen molar-refractivity contribution in [2.45, 2.75) is 32.7 Å². The highest BCUT2D eigenvalue weighted by Crippen LogP contribution is 2.38. The van der Waals surface area contributed by atoms with Gasteiger partial charge in [-0.3, -0.25) is 14.9 Å². The first-order valence-corrected chi connectivity index (χ1v) is 9.80. The minimum absolute atomic E-state index is 0.00149. The van der Waals surface area contributed by atoms with Crippen LogP contribution in [0.3, 0.4) is 0 Å². The van der Waals surface area contributed by atoms with Crippen LogP contribution < -0.4 is 0 Å². The Kier molecular flexibility index (Phi) is 4.16. The van der Waals surface area contributed by atoms with E-state index in [-0.39, 0.29) is 18.4 Å². The highest BCUT2D eigenvalue weighted by molar-refractivity contribution is 5.86. The van der Waals surface area contributed by atoms with Gasteiger partial charge in [-0.1, -0.05) is 24.3 Å². The molecule has 4 aromatic rings. The molecule has 1 amide bonds. The number of rotatable bonds is 3. The zero-order chi connectivity index (χ0) is 20.0. The number of benzene rings is 1. The Bertz CT molecular complexity index is 1210. The maximum atomic E-state index is 13.3. The molecule has 7 nitrogen and oxygen atoms in total. The lowest BCUT2D eigenvalue weighted by Crippen LogP contribution is -2.42. The Labute approximate surface area is 168 Å². The first kappa shape index (κ1) is 17.6. The van der Waals surface area contributed by atoms with E-state index in [1.54, 1.807) is 0 Å². The van der Waals surface area contributed by atoms with Gasteiger partial charge < -0.3 is 9.88 Å². The molecule has 0 radical (unpaired) electrons. The lowest BCUT2D eigenvalue weighted by atomic mass is 9.94. The van der Waals surface area contributed by atoms with Crippen molar-refractivity contribution in [3.8, 4) is 0 Å². The zero-order valence-electron chi connectivity index (χ0n) is 16.4. The van der Waals surface area contributed by atoms with Gasteiger partial charge >= 0.3 is 0 Å². The summed E-state index contributed by atoms with van der Waals surface area (Å²) in [4.78, 5) is 27.8. The minimum Gasteiger partial charge on any atom is -0.356 e. The molecule has 1 aliphatic heterocycles. The van der Waals surface area contributed by atoms with Gasteiger partial charge in [0, 0.05) is 28.8 Å². The first-order valence-electron chi connectivity index (χ1n) is 9.80. The number of hydrogen-bond donors (Lipinski definition) is 2. The Morgan fingerprint density at radius 2 is 2.00 bits per heavy atom. The molecule has 1 atom stereocenters. The summed E-state index contributed by atoms with van der Waals surface area (Å²) < 4.78 is 0. The molecular formula is C22H22N6O. The van der Waals surface area contributed by atoms with E-state index in [1.807, 2.05) is 43.0 Å². The van der Waals surface area contributed by atoms with Crippen molar-refractivity contribution < 1.29 is 4.79 Å². The molecule has 29 heavy (non-hydrogen) atoms. The third-order valence-electron chi connectivity index (χ3n) is 5.50. The van der Waals surface area contributed by atoms with E-state index in [9.17, 15) is 4.79 Å². The first-order chi connectivity index (χ1) is 14.1. The van der Waals surface area contributed by atoms with E-state index >= 15 is 0 Å². The number of fused-ring (bicyclic) bond motifs is 3. The molecule has 5 rings (SSSR count). The smallest absolute Gasteiger partial charge is 0.231 e. The van der Waals surface area contributed by atoms with Crippen molar-refractivity contribution in [1.82, 2.24) is 30.0 Å². The van der Waals surface area contributed by atoms with Crippen LogP contribution in [0.25, 0.3) is 10.9 Å². The Hall–Kier alpha value is -3.48. The van der Waals surface area contributed by atoms with E-state index in [4.69, 9.17) is 4.98 Å². The summed E-state index contributed by atoms with van der Waals surface area (Å²) in [5, 5.41) is 8.16. The number of pyridine rings is 1. The van der Waals surface area contributed by atoms with Crippen LogP contribution in [-0.2, 0) is 17.6 Å². The maximum absolute atomic E-state index is 13.3. The van der Waals surface area contributed by atoms with Crippen molar-refractivity contribution in [3.05, 3.63) is 76.8 Å². The summed E-state index contributed by atoms with van der Waals surface area (Å²) in [7, 11) is 0. The topological polar surface area (TPSA) is 90.6 Å². The number of carbonyl (C=O) groups is 1. The molecule has 7 heteroatoms. The third-order valence-corrected chi connectivity index (χ3v) is 5.50. The molecule has 0 aliphatic carbocycles. The SMILES string of the molecule is Cc1cccc([C@@H]2c3[nH]c4ccccc4c3CCN2C(=O)Cc2n[nH]c(C)n2)n1. The minimum atomic E-state index is -0.251. The van der Waals surface area contributed by atoms with Crippen LogP contribution in [0.1, 0.15) is 40.3 Å². The highest BCUT2D eigenvalue weighted by Gasteiger charge is 2.35. The fourth-order valence-electron chi connectivity index (χ4n) is 4.24. The molecule has 1 aliphatic rings. The Morgan fingerprint density at radius 1 is 1.14 bits per heavy atom. The largest absolute Gasteiger partial charge is 0.356 e. The summed E-state index contributed by atoms with van der Waals surface area (Å²) >= 11 is 0. The molecule has 3 aromatic heterocycles. The fourth-order valence-corrected chi connectivity index (χ4v) is 4.24. The second-order valence-electron chi connectivity index (χ2n) is 7.52. The van der Waals surface area contributed by atoms with Crippen LogP contribution >= 0.6 is 0 Å². The molecule has 2 N–H and O–H groups in total. The summed E-state index contributed by atoms with van der Waals surface area (Å²) in [5.41, 5.74) is 5.22. The van der Waals surface area contributed by atoms with E-state index < -0.39 is 0 Å². The number of nitrogens with zero attached hydrogens (tertiary/aromatic N) is 4. The van der Waals surface area contributed by atoms with Crippen molar-refractivity contribution in [2.24, 2.45) is 0 Å². The molecule has 1 aromatic carbocycles. The second-order valence-corrected chi connectivity index (χ2v) is 7.52. The molecule has 4 heterocycles. The summed E-state index contributed by atoms with van der Waals surface area (Å²) in [6, 6.07) is 14.0. The number of aromatic nitrogens is 5. The number of aromatic amines is 2. The third kappa shape index (κ3) is 3.08. The van der Waals surface area contributed by atoms with Gasteiger partial charge in [-0.05, 0) is 44.0 Å². The lowest BCUT2D eigenvalue weighted by molar-refractivity contribution is -0.132. The summed E-state index contributed by atoms with van der Waals surface area (Å²) in [6.45, 7) is 4.44. The molecule has 146 valence electrons. The average molecular weight is 386 g/mol. The number of amides is 1. The predicted octanol–water partition coefficient (Wildman–Crippen LogP) is 3.01. The van der Waals surface area contributed by atoms with Crippen molar-refractivity contribution >= 4 is 16.8 Å². The second kappa shape index (κ2) is 6.84. The van der Waals surface area contributed by atoms with Gasteiger partial charge in [-0.15, -0.1) is 0 Å². The van der Waals surface area contributed by atoms with Crippen molar-refractivity contribution in [3.63, 3.8) is 0 Å². The van der Waals surface area contributed by atoms with Gasteiger partial charge in [-0.2, -0.15) is 5.10 Å². The van der Waals surface area contributed by atoms with E-state index in [0.29, 0.717) is 18.2 Å². The number of H-pyrrole nitrogens is 2. The van der Waals surface area contributed by atoms with E-state index in [1.165, 1.54) is 10.9 Å². The molecule has 0 saturated heterocycles. The number of aryl methyl sites for hydroxylation is 2. The van der Waals surface area contributed by atoms with Crippen LogP contribution in [0.15, 0.2) is 42.5 Å². The van der Waals surface area contributed by atoms with Crippen LogP contribution in [0.5, 0.6) is 0 Å². The van der Waals surface area contributed by atoms with Gasteiger partial charge in [0.25, 0.3) is 0 Å². The number of carbonyl (C=O) groups excluding carboxylic acids is 1. The predicted molar refractivity (Wildman–Crippen MR) is 109 cm³/mol. The quantitative estimate of drug-likeness (QED) is 0.566. The monoisotopic (exact) mass is 386 g/mol. The van der Waals surface area contributed by atoms with Crippen LogP contribution in [0.2, 0.25) is 0 Å². The van der Waals surface area contributed by atoms with Gasteiger partial charge in [0.1, 0.15) is 11.9 Å². The maximum Gasteiger partial charge on any atom is 0.231 e. The van der Waals surface area contributed by atoms with E-state index in [2.05, 4.69) is 38.4 Å². The van der Waals surface area contributed by atoms with Crippen LogP contribution in [0, 0.1) is 13.8 Å². The van der Waals surface area contributed by atoms with Crippen LogP contribution in [0.4, 0.5) is 0 Å². The van der Waals surface area contributed by atoms with Gasteiger partial charge in [0.05, 0.1) is 12.1 Å². The Morgan fingerprint density at radius 3 is 2.79 bits per heavy atom. The van der Waals surface area contributed by atoms with Crippen LogP contribution in [-0.4, -0.2) is 42.5 Å². The molecule has 0 fully saturated rings. The fraction of sp³-hybridized carbons (Fsp3) is 0.273.